The maximum absolute atomic E-state index is 4.47. The lowest BCUT2D eigenvalue weighted by atomic mass is 10.3. The van der Waals surface area contributed by atoms with Gasteiger partial charge in [0.1, 0.15) is 5.82 Å². The Labute approximate surface area is 115 Å². The molecular formula is C12H16N8. The molecule has 3 aromatic rings. The van der Waals surface area contributed by atoms with E-state index in [0.717, 1.165) is 23.4 Å². The summed E-state index contributed by atoms with van der Waals surface area (Å²) in [5.74, 6) is 1.33. The van der Waals surface area contributed by atoms with Crippen LogP contribution in [0.25, 0.3) is 11.0 Å². The number of aromatic nitrogens is 6. The average Bonchev–Trinajstić information content (AvgIpc) is 3.05. The summed E-state index contributed by atoms with van der Waals surface area (Å²) in [5.41, 5.74) is 1.79. The molecular weight excluding hydrogens is 256 g/mol. The van der Waals surface area contributed by atoms with Crippen LogP contribution in [0.15, 0.2) is 18.5 Å². The van der Waals surface area contributed by atoms with Gasteiger partial charge in [-0.15, -0.1) is 0 Å². The van der Waals surface area contributed by atoms with Crippen molar-refractivity contribution < 1.29 is 0 Å². The molecule has 0 saturated heterocycles. The van der Waals surface area contributed by atoms with E-state index in [0.29, 0.717) is 18.1 Å². The Balaban J connectivity index is 1.89. The van der Waals surface area contributed by atoms with Crippen LogP contribution >= 0.6 is 0 Å². The zero-order valence-corrected chi connectivity index (χ0v) is 11.4. The summed E-state index contributed by atoms with van der Waals surface area (Å²) in [5, 5.41) is 18.3. The van der Waals surface area contributed by atoms with Crippen molar-refractivity contribution >= 4 is 22.8 Å². The Morgan fingerprint density at radius 3 is 2.95 bits per heavy atom. The van der Waals surface area contributed by atoms with E-state index in [-0.39, 0.29) is 0 Å². The van der Waals surface area contributed by atoms with Crippen LogP contribution < -0.4 is 10.6 Å². The van der Waals surface area contributed by atoms with Crippen molar-refractivity contribution in [2.24, 2.45) is 7.05 Å². The van der Waals surface area contributed by atoms with E-state index >= 15 is 0 Å². The first-order chi connectivity index (χ1) is 9.78. The summed E-state index contributed by atoms with van der Waals surface area (Å²) < 4.78 is 1.83. The van der Waals surface area contributed by atoms with Gasteiger partial charge in [0, 0.05) is 19.8 Å². The molecule has 8 nitrogen and oxygen atoms in total. The van der Waals surface area contributed by atoms with Crippen molar-refractivity contribution in [3.05, 3.63) is 24.2 Å². The minimum absolute atomic E-state index is 0.580. The maximum Gasteiger partial charge on any atom is 0.226 e. The van der Waals surface area contributed by atoms with Crippen LogP contribution in [0.1, 0.15) is 12.6 Å². The minimum Gasteiger partial charge on any atom is -0.364 e. The average molecular weight is 272 g/mol. The number of hydrogen-bond donors (Lipinski definition) is 3. The van der Waals surface area contributed by atoms with E-state index in [2.05, 4.69) is 35.9 Å². The number of aryl methyl sites for hydroxylation is 1. The Morgan fingerprint density at radius 2 is 2.20 bits per heavy atom. The predicted molar refractivity (Wildman–Crippen MR) is 76.4 cm³/mol. The van der Waals surface area contributed by atoms with Gasteiger partial charge < -0.3 is 10.6 Å². The molecule has 8 heteroatoms. The van der Waals surface area contributed by atoms with Crippen LogP contribution in [0.3, 0.4) is 0 Å². The molecule has 0 fully saturated rings. The lowest BCUT2D eigenvalue weighted by molar-refractivity contribution is 0.720. The third kappa shape index (κ3) is 2.27. The predicted octanol–water partition coefficient (Wildman–Crippen LogP) is 1.13. The summed E-state index contributed by atoms with van der Waals surface area (Å²) in [6, 6.07) is 1.96. The molecule has 0 spiro atoms. The molecule has 3 heterocycles. The number of anilines is 2. The Morgan fingerprint density at radius 1 is 1.30 bits per heavy atom. The third-order valence-corrected chi connectivity index (χ3v) is 3.00. The molecule has 0 aliphatic heterocycles. The van der Waals surface area contributed by atoms with E-state index < -0.39 is 0 Å². The summed E-state index contributed by atoms with van der Waals surface area (Å²) in [4.78, 5) is 8.82. The number of fused-ring (bicyclic) bond motifs is 1. The molecule has 0 atom stereocenters. The molecule has 3 N–H and O–H groups in total. The van der Waals surface area contributed by atoms with Crippen LogP contribution in [0.4, 0.5) is 11.8 Å². The first kappa shape index (κ1) is 12.4. The Kier molecular flexibility index (Phi) is 3.20. The van der Waals surface area contributed by atoms with E-state index in [1.165, 1.54) is 0 Å². The van der Waals surface area contributed by atoms with Crippen LogP contribution in [-0.2, 0) is 13.6 Å². The molecule has 0 aliphatic rings. The van der Waals surface area contributed by atoms with Crippen LogP contribution in [-0.4, -0.2) is 36.5 Å². The van der Waals surface area contributed by atoms with Crippen molar-refractivity contribution in [2.75, 3.05) is 17.2 Å². The number of aromatic amines is 1. The van der Waals surface area contributed by atoms with Gasteiger partial charge in [-0.2, -0.15) is 20.2 Å². The molecule has 3 rings (SSSR count). The lowest BCUT2D eigenvalue weighted by Gasteiger charge is -2.09. The lowest BCUT2D eigenvalue weighted by Crippen LogP contribution is -2.09. The fraction of sp³-hybridized carbons (Fsp3) is 0.333. The SMILES string of the molecule is CCNc1nc(NCc2ccnn2C)c2cn[nH]c2n1. The largest absolute Gasteiger partial charge is 0.364 e. The second kappa shape index (κ2) is 5.16. The zero-order chi connectivity index (χ0) is 13.9. The minimum atomic E-state index is 0.580. The molecule has 0 saturated carbocycles. The first-order valence-electron chi connectivity index (χ1n) is 6.43. The summed E-state index contributed by atoms with van der Waals surface area (Å²) in [6.07, 6.45) is 3.49. The second-order valence-corrected chi connectivity index (χ2v) is 4.36. The fourth-order valence-corrected chi connectivity index (χ4v) is 1.96. The van der Waals surface area contributed by atoms with Crippen LogP contribution in [0, 0.1) is 0 Å². The third-order valence-electron chi connectivity index (χ3n) is 3.00. The van der Waals surface area contributed by atoms with Gasteiger partial charge in [-0.25, -0.2) is 0 Å². The molecule has 0 amide bonds. The number of rotatable bonds is 5. The number of nitrogens with zero attached hydrogens (tertiary/aromatic N) is 5. The van der Waals surface area contributed by atoms with Crippen molar-refractivity contribution in [3.8, 4) is 0 Å². The first-order valence-corrected chi connectivity index (χ1v) is 6.43. The van der Waals surface area contributed by atoms with Crippen molar-refractivity contribution in [1.29, 1.82) is 0 Å². The van der Waals surface area contributed by atoms with Crippen molar-refractivity contribution in [2.45, 2.75) is 13.5 Å². The van der Waals surface area contributed by atoms with E-state index in [1.807, 2.05) is 24.7 Å². The van der Waals surface area contributed by atoms with Crippen LogP contribution in [0.5, 0.6) is 0 Å². The number of nitrogens with one attached hydrogen (secondary N) is 3. The van der Waals surface area contributed by atoms with E-state index in [1.54, 1.807) is 12.4 Å². The smallest absolute Gasteiger partial charge is 0.226 e. The van der Waals surface area contributed by atoms with Gasteiger partial charge in [0.05, 0.1) is 23.8 Å². The Bertz CT molecular complexity index is 713. The molecule has 0 bridgehead atoms. The summed E-state index contributed by atoms with van der Waals surface area (Å²) in [7, 11) is 1.91. The molecule has 3 aromatic heterocycles. The fourth-order valence-electron chi connectivity index (χ4n) is 1.96. The highest BCUT2D eigenvalue weighted by molar-refractivity contribution is 5.86. The summed E-state index contributed by atoms with van der Waals surface area (Å²) >= 11 is 0. The summed E-state index contributed by atoms with van der Waals surface area (Å²) in [6.45, 7) is 3.41. The van der Waals surface area contributed by atoms with E-state index in [9.17, 15) is 0 Å². The molecule has 0 radical (unpaired) electrons. The zero-order valence-electron chi connectivity index (χ0n) is 11.4. The van der Waals surface area contributed by atoms with Gasteiger partial charge in [-0.3, -0.25) is 9.78 Å². The normalized spacial score (nSPS) is 10.9. The highest BCUT2D eigenvalue weighted by Crippen LogP contribution is 2.20. The second-order valence-electron chi connectivity index (χ2n) is 4.36. The molecule has 0 aromatic carbocycles. The van der Waals surface area contributed by atoms with Crippen LogP contribution in [0.2, 0.25) is 0 Å². The molecule has 20 heavy (non-hydrogen) atoms. The topological polar surface area (TPSA) is 96.3 Å². The quantitative estimate of drug-likeness (QED) is 0.644. The number of H-pyrrole nitrogens is 1. The maximum atomic E-state index is 4.47. The number of hydrogen-bond acceptors (Lipinski definition) is 6. The van der Waals surface area contributed by atoms with Gasteiger partial charge in [0.2, 0.25) is 5.95 Å². The molecule has 104 valence electrons. The van der Waals surface area contributed by atoms with Gasteiger partial charge in [-0.05, 0) is 13.0 Å². The van der Waals surface area contributed by atoms with Crippen molar-refractivity contribution in [3.63, 3.8) is 0 Å². The Hall–Kier alpha value is -2.64. The van der Waals surface area contributed by atoms with E-state index in [4.69, 9.17) is 0 Å². The monoisotopic (exact) mass is 272 g/mol. The van der Waals surface area contributed by atoms with Gasteiger partial charge in [0.15, 0.2) is 5.65 Å². The highest BCUT2D eigenvalue weighted by atomic mass is 15.3. The highest BCUT2D eigenvalue weighted by Gasteiger charge is 2.09. The van der Waals surface area contributed by atoms with Gasteiger partial charge >= 0.3 is 0 Å². The molecule has 0 aliphatic carbocycles. The molecule has 0 unspecified atom stereocenters. The van der Waals surface area contributed by atoms with Crippen molar-refractivity contribution in [1.82, 2.24) is 29.9 Å². The van der Waals surface area contributed by atoms with Gasteiger partial charge in [0.25, 0.3) is 0 Å². The standard InChI is InChI=1S/C12H16N8/c1-3-13-12-17-10(9-7-15-19-11(9)18-12)14-6-8-4-5-16-20(8)2/h4-5,7H,3,6H2,1-2H3,(H3,13,14,15,17,18,19). The van der Waals surface area contributed by atoms with Gasteiger partial charge in [-0.1, -0.05) is 0 Å².